The number of aliphatic hydroxyl groups is 4. The molecule has 1 saturated heterocycles. The summed E-state index contributed by atoms with van der Waals surface area (Å²) in [6, 6.07) is 21.5. The van der Waals surface area contributed by atoms with E-state index in [-0.39, 0.29) is 16.7 Å². The van der Waals surface area contributed by atoms with Gasteiger partial charge < -0.3 is 25.2 Å². The molecule has 0 spiro atoms. The first-order valence-corrected chi connectivity index (χ1v) is 10.5. The molecule has 0 saturated carbocycles. The molecule has 1 heterocycles. The van der Waals surface area contributed by atoms with Crippen LogP contribution in [-0.4, -0.2) is 67.5 Å². The third-order valence-corrected chi connectivity index (χ3v) is 6.08. The highest BCUT2D eigenvalue weighted by molar-refractivity contribution is 6.18. The van der Waals surface area contributed by atoms with Crippen LogP contribution in [0.15, 0.2) is 91.0 Å². The minimum absolute atomic E-state index is 0.136. The van der Waals surface area contributed by atoms with Gasteiger partial charge in [-0.15, -0.1) is 0 Å². The number of hydrogen-bond acceptors (Lipinski definition) is 8. The Morgan fingerprint density at radius 2 is 1.03 bits per heavy atom. The van der Waals surface area contributed by atoms with Crippen molar-refractivity contribution in [3.8, 4) is 0 Å². The Kier molecular flexibility index (Phi) is 6.03. The van der Waals surface area contributed by atoms with E-state index in [1.165, 1.54) is 72.8 Å². The number of ketones is 3. The molecule has 3 aromatic rings. The molecular formula is C26H22O8. The lowest BCUT2D eigenvalue weighted by Gasteiger charge is -2.40. The maximum atomic E-state index is 13.7. The largest absolute Gasteiger partial charge is 0.394 e. The Hall–Kier alpha value is -3.53. The van der Waals surface area contributed by atoms with Gasteiger partial charge in [-0.05, 0) is 0 Å². The van der Waals surface area contributed by atoms with Gasteiger partial charge in [0, 0.05) is 16.7 Å². The van der Waals surface area contributed by atoms with E-state index in [9.17, 15) is 34.8 Å². The molecule has 8 nitrogen and oxygen atoms in total. The molecule has 0 bridgehead atoms. The van der Waals surface area contributed by atoms with Crippen molar-refractivity contribution >= 4 is 17.3 Å². The average molecular weight is 462 g/mol. The number of carbonyl (C=O) groups excluding carboxylic acids is 3. The SMILES string of the molecule is O=C(c1ccccc1)C1(O)O[C@H](CO)[C@](O)(C(=O)c2ccccc2)[C@]1(O)C(=O)c1ccccc1. The lowest BCUT2D eigenvalue weighted by atomic mass is 9.67. The first kappa shape index (κ1) is 23.6. The van der Waals surface area contributed by atoms with Gasteiger partial charge >= 0.3 is 0 Å². The molecule has 0 radical (unpaired) electrons. The van der Waals surface area contributed by atoms with E-state index in [1.54, 1.807) is 18.2 Å². The van der Waals surface area contributed by atoms with Gasteiger partial charge in [0.2, 0.25) is 23.0 Å². The van der Waals surface area contributed by atoms with Crippen molar-refractivity contribution in [2.24, 2.45) is 0 Å². The highest BCUT2D eigenvalue weighted by Gasteiger charge is 2.81. The van der Waals surface area contributed by atoms with E-state index >= 15 is 0 Å². The fourth-order valence-corrected chi connectivity index (χ4v) is 4.29. The summed E-state index contributed by atoms with van der Waals surface area (Å²) in [5.74, 6) is -7.22. The summed E-state index contributed by atoms with van der Waals surface area (Å²) >= 11 is 0. The van der Waals surface area contributed by atoms with E-state index in [4.69, 9.17) is 4.74 Å². The van der Waals surface area contributed by atoms with Crippen molar-refractivity contribution in [2.75, 3.05) is 6.61 Å². The van der Waals surface area contributed by atoms with E-state index in [2.05, 4.69) is 0 Å². The van der Waals surface area contributed by atoms with Crippen molar-refractivity contribution in [1.29, 1.82) is 0 Å². The van der Waals surface area contributed by atoms with Gasteiger partial charge in [0.15, 0.2) is 5.60 Å². The van der Waals surface area contributed by atoms with E-state index < -0.39 is 47.0 Å². The Bertz CT molecular complexity index is 1210. The molecule has 1 aliphatic rings. The molecule has 174 valence electrons. The van der Waals surface area contributed by atoms with Gasteiger partial charge in [-0.1, -0.05) is 91.0 Å². The van der Waals surface area contributed by atoms with Gasteiger partial charge in [0.25, 0.3) is 5.79 Å². The first-order valence-electron chi connectivity index (χ1n) is 10.5. The molecule has 0 aliphatic carbocycles. The predicted molar refractivity (Wildman–Crippen MR) is 119 cm³/mol. The van der Waals surface area contributed by atoms with Crippen molar-refractivity contribution in [1.82, 2.24) is 0 Å². The second-order valence-corrected chi connectivity index (χ2v) is 8.00. The van der Waals surface area contributed by atoms with Crippen LogP contribution < -0.4 is 0 Å². The van der Waals surface area contributed by atoms with Crippen LogP contribution >= 0.6 is 0 Å². The number of benzene rings is 3. The molecule has 4 rings (SSSR count). The van der Waals surface area contributed by atoms with Crippen LogP contribution in [0.2, 0.25) is 0 Å². The van der Waals surface area contributed by atoms with Crippen LogP contribution in [0.1, 0.15) is 31.1 Å². The number of carbonyl (C=O) groups is 3. The van der Waals surface area contributed by atoms with Crippen LogP contribution in [-0.2, 0) is 4.74 Å². The highest BCUT2D eigenvalue weighted by atomic mass is 16.7. The summed E-state index contributed by atoms with van der Waals surface area (Å²) in [4.78, 5) is 40.7. The molecule has 34 heavy (non-hydrogen) atoms. The molecule has 3 aromatic carbocycles. The summed E-state index contributed by atoms with van der Waals surface area (Å²) in [6.45, 7) is -1.09. The molecular weight excluding hydrogens is 440 g/mol. The van der Waals surface area contributed by atoms with Gasteiger partial charge in [-0.2, -0.15) is 0 Å². The molecule has 0 amide bonds. The standard InChI is InChI=1S/C26H22O8/c27-16-20-24(31,21(28)17-10-4-1-5-11-17)25(32,22(29)18-12-6-2-7-13-18)26(33,34-20)23(30)19-14-8-3-9-15-19/h1-15,20,27,31-33H,16H2/t20-,24+,25-,26?/m1/s1. The maximum absolute atomic E-state index is 13.7. The van der Waals surface area contributed by atoms with Crippen molar-refractivity contribution in [3.63, 3.8) is 0 Å². The van der Waals surface area contributed by atoms with E-state index in [1.807, 2.05) is 0 Å². The fourth-order valence-electron chi connectivity index (χ4n) is 4.29. The van der Waals surface area contributed by atoms with Crippen molar-refractivity contribution in [2.45, 2.75) is 23.1 Å². The maximum Gasteiger partial charge on any atom is 0.272 e. The second kappa shape index (κ2) is 8.68. The van der Waals surface area contributed by atoms with Crippen LogP contribution in [0, 0.1) is 0 Å². The van der Waals surface area contributed by atoms with Gasteiger partial charge in [0.1, 0.15) is 6.10 Å². The third kappa shape index (κ3) is 3.24. The second-order valence-electron chi connectivity index (χ2n) is 8.00. The monoisotopic (exact) mass is 462 g/mol. The Labute approximate surface area is 194 Å². The normalized spacial score (nSPS) is 28.4. The quantitative estimate of drug-likeness (QED) is 0.384. The minimum Gasteiger partial charge on any atom is -0.394 e. The molecule has 0 aromatic heterocycles. The summed E-state index contributed by atoms with van der Waals surface area (Å²) in [6.07, 6.45) is -2.02. The summed E-state index contributed by atoms with van der Waals surface area (Å²) < 4.78 is 5.35. The smallest absolute Gasteiger partial charge is 0.272 e. The zero-order valence-electron chi connectivity index (χ0n) is 17.9. The molecule has 1 unspecified atom stereocenters. The first-order chi connectivity index (χ1) is 16.2. The zero-order chi connectivity index (χ0) is 24.6. The van der Waals surface area contributed by atoms with Crippen LogP contribution in [0.5, 0.6) is 0 Å². The third-order valence-electron chi connectivity index (χ3n) is 6.08. The lowest BCUT2D eigenvalue weighted by Crippen LogP contribution is -2.73. The molecule has 4 N–H and O–H groups in total. The molecule has 8 heteroatoms. The number of rotatable bonds is 7. The molecule has 1 fully saturated rings. The Balaban J connectivity index is 1.98. The zero-order valence-corrected chi connectivity index (χ0v) is 17.9. The summed E-state index contributed by atoms with van der Waals surface area (Å²) in [5, 5.41) is 45.1. The number of Topliss-reactive ketones (excluding diaryl/α,β-unsaturated/α-hetero) is 3. The van der Waals surface area contributed by atoms with E-state index in [0.717, 1.165) is 0 Å². The number of hydrogen-bond donors (Lipinski definition) is 4. The predicted octanol–water partition coefficient (Wildman–Crippen LogP) is 1.18. The fraction of sp³-hybridized carbons (Fsp3) is 0.192. The number of aliphatic hydroxyl groups excluding tert-OH is 1. The topological polar surface area (TPSA) is 141 Å². The summed E-state index contributed by atoms with van der Waals surface area (Å²) in [5.41, 5.74) is -7.24. The van der Waals surface area contributed by atoms with Crippen molar-refractivity contribution < 1.29 is 39.5 Å². The Morgan fingerprint density at radius 3 is 1.44 bits per heavy atom. The summed E-state index contributed by atoms with van der Waals surface area (Å²) in [7, 11) is 0. The van der Waals surface area contributed by atoms with Crippen LogP contribution in [0.4, 0.5) is 0 Å². The van der Waals surface area contributed by atoms with Gasteiger partial charge in [-0.25, -0.2) is 0 Å². The lowest BCUT2D eigenvalue weighted by molar-refractivity contribution is -0.217. The van der Waals surface area contributed by atoms with Gasteiger partial charge in [-0.3, -0.25) is 14.4 Å². The van der Waals surface area contributed by atoms with E-state index in [0.29, 0.717) is 0 Å². The Morgan fingerprint density at radius 1 is 0.647 bits per heavy atom. The number of ether oxygens (including phenoxy) is 1. The van der Waals surface area contributed by atoms with Crippen LogP contribution in [0.25, 0.3) is 0 Å². The molecule has 4 atom stereocenters. The molecule has 1 aliphatic heterocycles. The highest BCUT2D eigenvalue weighted by Crippen LogP contribution is 2.50. The van der Waals surface area contributed by atoms with Gasteiger partial charge in [0.05, 0.1) is 6.61 Å². The van der Waals surface area contributed by atoms with Crippen molar-refractivity contribution in [3.05, 3.63) is 108 Å². The average Bonchev–Trinajstić information content (AvgIpc) is 3.08. The minimum atomic E-state index is -3.52. The van der Waals surface area contributed by atoms with Crippen LogP contribution in [0.3, 0.4) is 0 Å².